The number of esters is 2. The SMILES string of the molecule is C[C@@H](OC(=O)c1cc(C(=O)O[C@H](C)c2ccc(-c3c4nc(c(-c5ccccc5)c5ccc([nH]5)c(-c5ccccc5)c5nc(c(-c6ccccc6)c6ccc3[nH]6)C=C5)C=C4)cc2)cc(C(C)(C)C)c1)c1ccc(-c2c3nc(c(-c4ccccc4)c4ccc([nH]4)c(-c4ccccc4)c4nc(c(-c5ccccc5)c5ccc2[nH]5)C=C4)C=C3)cc1. The van der Waals surface area contributed by atoms with Crippen molar-refractivity contribution >= 4 is 105 Å². The second-order valence-electron chi connectivity index (χ2n) is 30.6. The third kappa shape index (κ3) is 13.8. The third-order valence-electron chi connectivity index (χ3n) is 22.1. The first-order valence-electron chi connectivity index (χ1n) is 39.2. The number of carbonyl (C=O) groups is 2. The van der Waals surface area contributed by atoms with Gasteiger partial charge in [0.05, 0.1) is 56.7 Å². The molecule has 0 fully saturated rings. The predicted octanol–water partition coefficient (Wildman–Crippen LogP) is 26.1. The van der Waals surface area contributed by atoms with Crippen LogP contribution in [0.4, 0.5) is 0 Å². The van der Waals surface area contributed by atoms with E-state index in [0.29, 0.717) is 0 Å². The maximum atomic E-state index is 14.7. The minimum atomic E-state index is -0.690. The van der Waals surface area contributed by atoms with Crippen LogP contribution in [0.2, 0.25) is 0 Å². The molecule has 4 aliphatic heterocycles. The summed E-state index contributed by atoms with van der Waals surface area (Å²) in [5, 5.41) is 0. The lowest BCUT2D eigenvalue weighted by atomic mass is 9.85. The van der Waals surface area contributed by atoms with E-state index in [0.717, 1.165) is 195 Å². The molecule has 558 valence electrons. The van der Waals surface area contributed by atoms with Crippen molar-refractivity contribution in [1.82, 2.24) is 39.9 Å². The van der Waals surface area contributed by atoms with Gasteiger partial charge < -0.3 is 29.4 Å². The van der Waals surface area contributed by atoms with Crippen LogP contribution < -0.4 is 0 Å². The lowest BCUT2D eigenvalue weighted by molar-refractivity contribution is 0.0336. The second-order valence-corrected chi connectivity index (χ2v) is 30.6. The number of aromatic nitrogens is 8. The molecule has 4 aliphatic rings. The molecule has 0 radical (unpaired) electrons. The number of ether oxygens (including phenoxy) is 2. The van der Waals surface area contributed by atoms with Crippen LogP contribution >= 0.6 is 0 Å². The Balaban J connectivity index is 0.638. The smallest absolute Gasteiger partial charge is 0.338 e. The summed E-state index contributed by atoms with van der Waals surface area (Å²) in [5.74, 6) is -1.15. The maximum absolute atomic E-state index is 14.7. The number of benzene rings is 9. The highest BCUT2D eigenvalue weighted by atomic mass is 16.5. The standard InChI is InChI=1S/C104H78N8O4/c1-63(65-36-40-73(41-37-65)100-90-56-52-86(109-90)96(69-28-16-8-17-29-69)82-48-44-78(105-82)94(67-24-12-6-13-25-67)79-45-49-83(106-79)97(70-30-18-9-19-31-70)87-53-57-91(100)110-87)115-102(113)75-60-76(62-77(61-75)104(3,4)5)103(114)116-64(2)66-38-42-74(43-39-66)101-92-58-54-88(111-92)98(71-32-20-10-21-33-71)84-50-46-80(107-84)95(68-26-14-7-15-27-68)81-47-51-85(108-81)99(72-34-22-11-23-35-72)89-55-59-93(101)112-89/h6-64,105,107,110,112H,1-5H3/t63-,64-/m1/s1. The molecule has 15 aromatic rings. The van der Waals surface area contributed by atoms with E-state index >= 15 is 0 Å². The number of hydrogen-bond donors (Lipinski definition) is 4. The first kappa shape index (κ1) is 71.4. The van der Waals surface area contributed by atoms with Gasteiger partial charge in [0.25, 0.3) is 0 Å². The van der Waals surface area contributed by atoms with E-state index in [9.17, 15) is 9.59 Å². The van der Waals surface area contributed by atoms with Crippen molar-refractivity contribution in [3.05, 3.63) is 371 Å². The van der Waals surface area contributed by atoms with Gasteiger partial charge in [0.1, 0.15) is 12.2 Å². The van der Waals surface area contributed by atoms with Gasteiger partial charge in [0.15, 0.2) is 0 Å². The van der Waals surface area contributed by atoms with E-state index in [2.05, 4.69) is 308 Å². The lowest BCUT2D eigenvalue weighted by Gasteiger charge is -2.22. The van der Waals surface area contributed by atoms with E-state index in [1.165, 1.54) is 0 Å². The Labute approximate surface area is 671 Å². The fourth-order valence-corrected chi connectivity index (χ4v) is 16.2. The van der Waals surface area contributed by atoms with Gasteiger partial charge in [-0.05, 0) is 196 Å². The molecule has 0 saturated carbocycles. The number of hydrogen-bond acceptors (Lipinski definition) is 8. The number of nitrogens with zero attached hydrogens (tertiary/aromatic N) is 4. The Kier molecular flexibility index (Phi) is 18.5. The topological polar surface area (TPSA) is 167 Å². The second kappa shape index (κ2) is 30.0. The summed E-state index contributed by atoms with van der Waals surface area (Å²) < 4.78 is 12.7. The summed E-state index contributed by atoms with van der Waals surface area (Å²) in [4.78, 5) is 66.8. The highest BCUT2D eigenvalue weighted by Gasteiger charge is 2.27. The van der Waals surface area contributed by atoms with Crippen molar-refractivity contribution in [1.29, 1.82) is 0 Å². The molecular weight excluding hydrogens is 1430 g/mol. The summed E-state index contributed by atoms with van der Waals surface area (Å²) >= 11 is 0. The fraction of sp³-hybridized carbons (Fsp3) is 0.0769. The van der Waals surface area contributed by atoms with Crippen molar-refractivity contribution in [2.45, 2.75) is 52.2 Å². The first-order valence-corrected chi connectivity index (χ1v) is 39.2. The molecule has 12 heteroatoms. The minimum Gasteiger partial charge on any atom is -0.454 e. The summed E-state index contributed by atoms with van der Waals surface area (Å²) in [6.45, 7) is 9.88. The van der Waals surface area contributed by atoms with Gasteiger partial charge in [0, 0.05) is 88.6 Å². The number of H-pyrrole nitrogens is 4. The molecule has 19 rings (SSSR count). The molecule has 0 saturated heterocycles. The van der Waals surface area contributed by atoms with E-state index in [-0.39, 0.29) is 11.1 Å². The number of carbonyl (C=O) groups excluding carboxylic acids is 2. The summed E-state index contributed by atoms with van der Waals surface area (Å²) in [6.07, 6.45) is 15.4. The van der Waals surface area contributed by atoms with Crippen LogP contribution in [0.5, 0.6) is 0 Å². The molecule has 0 amide bonds. The largest absolute Gasteiger partial charge is 0.454 e. The van der Waals surface area contributed by atoms with Crippen LogP contribution in [0.25, 0.3) is 182 Å². The van der Waals surface area contributed by atoms with Crippen molar-refractivity contribution < 1.29 is 19.1 Å². The number of fused-ring (bicyclic) bond motifs is 16. The summed E-state index contributed by atoms with van der Waals surface area (Å²) in [6, 6.07) is 101. The summed E-state index contributed by atoms with van der Waals surface area (Å²) in [7, 11) is 0. The van der Waals surface area contributed by atoms with Gasteiger partial charge in [-0.1, -0.05) is 251 Å². The van der Waals surface area contributed by atoms with Gasteiger partial charge in [0.2, 0.25) is 0 Å². The number of aromatic amines is 4. The van der Waals surface area contributed by atoms with Crippen LogP contribution in [0, 0.1) is 0 Å². The van der Waals surface area contributed by atoms with Crippen LogP contribution in [0.15, 0.2) is 297 Å². The first-order chi connectivity index (χ1) is 56.7. The normalized spacial score (nSPS) is 12.7. The van der Waals surface area contributed by atoms with Crippen molar-refractivity contribution in [2.75, 3.05) is 0 Å². The molecule has 6 aromatic heterocycles. The zero-order valence-corrected chi connectivity index (χ0v) is 64.5. The van der Waals surface area contributed by atoms with Crippen molar-refractivity contribution in [2.24, 2.45) is 0 Å². The molecule has 4 N–H and O–H groups in total. The van der Waals surface area contributed by atoms with E-state index in [4.69, 9.17) is 29.4 Å². The van der Waals surface area contributed by atoms with Crippen LogP contribution in [0.3, 0.4) is 0 Å². The van der Waals surface area contributed by atoms with Crippen molar-refractivity contribution in [3.63, 3.8) is 0 Å². The molecule has 0 unspecified atom stereocenters. The zero-order valence-electron chi connectivity index (χ0n) is 64.5. The van der Waals surface area contributed by atoms with Gasteiger partial charge in [-0.3, -0.25) is 0 Å². The number of rotatable bonds is 14. The van der Waals surface area contributed by atoms with E-state index in [1.54, 1.807) is 6.07 Å². The number of nitrogens with one attached hydrogen (secondary N) is 4. The van der Waals surface area contributed by atoms with Crippen molar-refractivity contribution in [3.8, 4) is 89.0 Å². The van der Waals surface area contributed by atoms with Gasteiger partial charge in [-0.25, -0.2) is 29.5 Å². The Bertz CT molecular complexity index is 6410. The molecular formula is C104H78N8O4. The third-order valence-corrected chi connectivity index (χ3v) is 22.1. The summed E-state index contributed by atoms with van der Waals surface area (Å²) in [5.41, 5.74) is 31.4. The molecule has 10 heterocycles. The Morgan fingerprint density at radius 3 is 0.638 bits per heavy atom. The Hall–Kier alpha value is -14.9. The molecule has 16 bridgehead atoms. The molecule has 2 atom stereocenters. The quantitative estimate of drug-likeness (QED) is 0.0781. The van der Waals surface area contributed by atoms with Gasteiger partial charge >= 0.3 is 11.9 Å². The zero-order chi connectivity index (χ0) is 78.5. The lowest BCUT2D eigenvalue weighted by Crippen LogP contribution is -2.17. The minimum absolute atomic E-state index is 0.234. The molecule has 0 spiro atoms. The van der Waals surface area contributed by atoms with Crippen LogP contribution in [-0.4, -0.2) is 51.8 Å². The predicted molar refractivity (Wildman–Crippen MR) is 474 cm³/mol. The van der Waals surface area contributed by atoms with Gasteiger partial charge in [-0.2, -0.15) is 0 Å². The molecule has 0 aliphatic carbocycles. The van der Waals surface area contributed by atoms with Crippen LogP contribution in [-0.2, 0) is 14.9 Å². The monoisotopic (exact) mass is 1500 g/mol. The van der Waals surface area contributed by atoms with Crippen LogP contribution in [0.1, 0.15) is 130 Å². The van der Waals surface area contributed by atoms with Gasteiger partial charge in [-0.15, -0.1) is 0 Å². The molecule has 12 nitrogen and oxygen atoms in total. The average molecular weight is 1500 g/mol. The Morgan fingerprint density at radius 1 is 0.259 bits per heavy atom. The maximum Gasteiger partial charge on any atom is 0.338 e. The fourth-order valence-electron chi connectivity index (χ4n) is 16.2. The molecule has 116 heavy (non-hydrogen) atoms. The highest BCUT2D eigenvalue weighted by molar-refractivity contribution is 6.04. The Morgan fingerprint density at radius 2 is 0.448 bits per heavy atom. The highest BCUT2D eigenvalue weighted by Crippen LogP contribution is 2.43. The average Bonchev–Trinajstić information content (AvgIpc) is 1.65. The molecule has 9 aromatic carbocycles. The van der Waals surface area contributed by atoms with E-state index < -0.39 is 29.6 Å². The van der Waals surface area contributed by atoms with E-state index in [1.807, 2.05) is 86.6 Å².